The third-order valence-corrected chi connectivity index (χ3v) is 2.12. The predicted molar refractivity (Wildman–Crippen MR) is 54.2 cm³/mol. The Kier molecular flexibility index (Phi) is 3.09. The van der Waals surface area contributed by atoms with Crippen LogP contribution in [0, 0.1) is 6.92 Å². The molecule has 1 aromatic carbocycles. The van der Waals surface area contributed by atoms with Gasteiger partial charge in [-0.05, 0) is 31.5 Å². The third-order valence-electron chi connectivity index (χ3n) is 2.12. The molecule has 0 heterocycles. The third kappa shape index (κ3) is 2.15. The van der Waals surface area contributed by atoms with Gasteiger partial charge < -0.3 is 9.84 Å². The smallest absolute Gasteiger partial charge is 0.338 e. The Balaban J connectivity index is 3.41. The summed E-state index contributed by atoms with van der Waals surface area (Å²) in [7, 11) is 1.24. The van der Waals surface area contributed by atoms with E-state index in [0.717, 1.165) is 0 Å². The molecule has 1 rings (SSSR count). The number of methoxy groups -OCH3 is 1. The van der Waals surface area contributed by atoms with Crippen LogP contribution in [0.25, 0.3) is 0 Å². The highest BCUT2D eigenvalue weighted by Crippen LogP contribution is 2.22. The van der Waals surface area contributed by atoms with E-state index in [2.05, 4.69) is 4.74 Å². The van der Waals surface area contributed by atoms with Crippen molar-refractivity contribution in [3.05, 3.63) is 28.8 Å². The van der Waals surface area contributed by atoms with Crippen molar-refractivity contribution in [2.24, 2.45) is 0 Å². The van der Waals surface area contributed by atoms with Crippen LogP contribution in [0.3, 0.4) is 0 Å². The fourth-order valence-electron chi connectivity index (χ4n) is 1.27. The second kappa shape index (κ2) is 4.13. The van der Waals surface area contributed by atoms with Gasteiger partial charge >= 0.3 is 5.97 Å². The van der Waals surface area contributed by atoms with Gasteiger partial charge in [0, 0.05) is 5.56 Å². The summed E-state index contributed by atoms with van der Waals surface area (Å²) in [6, 6.07) is 2.72. The minimum absolute atomic E-state index is 0.00662. The van der Waals surface area contributed by atoms with E-state index in [9.17, 15) is 14.7 Å². The monoisotopic (exact) mass is 208 g/mol. The van der Waals surface area contributed by atoms with Gasteiger partial charge in [0.25, 0.3) is 0 Å². The first-order chi connectivity index (χ1) is 6.97. The highest BCUT2D eigenvalue weighted by Gasteiger charge is 2.17. The molecule has 1 aromatic rings. The number of rotatable bonds is 2. The number of hydrogen-bond acceptors (Lipinski definition) is 4. The van der Waals surface area contributed by atoms with Gasteiger partial charge in [-0.1, -0.05) is 0 Å². The summed E-state index contributed by atoms with van der Waals surface area (Å²) in [5.41, 5.74) is 0.880. The topological polar surface area (TPSA) is 63.6 Å². The Hall–Kier alpha value is -1.84. The Labute approximate surface area is 87.5 Å². The molecule has 0 amide bonds. The molecule has 4 nitrogen and oxygen atoms in total. The number of Topliss-reactive ketones (excluding diaryl/α,β-unsaturated/α-hetero) is 1. The van der Waals surface area contributed by atoms with E-state index >= 15 is 0 Å². The van der Waals surface area contributed by atoms with Crippen LogP contribution in [-0.4, -0.2) is 24.0 Å². The number of ether oxygens (including phenoxy) is 1. The lowest BCUT2D eigenvalue weighted by molar-refractivity contribution is 0.0597. The Morgan fingerprint density at radius 3 is 2.33 bits per heavy atom. The van der Waals surface area contributed by atoms with Crippen molar-refractivity contribution in [3.63, 3.8) is 0 Å². The summed E-state index contributed by atoms with van der Waals surface area (Å²) < 4.78 is 4.55. The van der Waals surface area contributed by atoms with E-state index in [0.29, 0.717) is 5.56 Å². The van der Waals surface area contributed by atoms with Gasteiger partial charge in [-0.15, -0.1) is 0 Å². The average Bonchev–Trinajstić information content (AvgIpc) is 2.20. The highest BCUT2D eigenvalue weighted by molar-refractivity contribution is 6.05. The maximum Gasteiger partial charge on any atom is 0.338 e. The highest BCUT2D eigenvalue weighted by atomic mass is 16.5. The molecule has 0 saturated heterocycles. The Morgan fingerprint density at radius 1 is 1.27 bits per heavy atom. The van der Waals surface area contributed by atoms with E-state index in [1.807, 2.05) is 0 Å². The number of carbonyl (C=O) groups excluding carboxylic acids is 2. The van der Waals surface area contributed by atoms with Gasteiger partial charge in [0.2, 0.25) is 0 Å². The van der Waals surface area contributed by atoms with Gasteiger partial charge in [-0.25, -0.2) is 4.79 Å². The first-order valence-corrected chi connectivity index (χ1v) is 4.40. The van der Waals surface area contributed by atoms with Crippen LogP contribution in [0.15, 0.2) is 12.1 Å². The molecule has 0 spiro atoms. The zero-order valence-corrected chi connectivity index (χ0v) is 8.83. The quantitative estimate of drug-likeness (QED) is 0.593. The van der Waals surface area contributed by atoms with Crippen LogP contribution in [0.1, 0.15) is 33.2 Å². The molecule has 0 fully saturated rings. The maximum absolute atomic E-state index is 11.3. The Bertz CT molecular complexity index is 421. The molecule has 0 aromatic heterocycles. The summed E-state index contributed by atoms with van der Waals surface area (Å²) in [6.07, 6.45) is 0. The molecule has 0 bridgehead atoms. The number of ketones is 1. The van der Waals surface area contributed by atoms with E-state index < -0.39 is 5.97 Å². The fraction of sp³-hybridized carbons (Fsp3) is 0.273. The lowest BCUT2D eigenvalue weighted by Gasteiger charge is -2.07. The molecule has 0 radical (unpaired) electrons. The van der Waals surface area contributed by atoms with Gasteiger partial charge in [0.15, 0.2) is 5.78 Å². The minimum Gasteiger partial charge on any atom is -0.508 e. The van der Waals surface area contributed by atoms with E-state index in [1.165, 1.54) is 26.2 Å². The van der Waals surface area contributed by atoms with Crippen molar-refractivity contribution in [1.29, 1.82) is 0 Å². The van der Waals surface area contributed by atoms with Crippen molar-refractivity contribution in [2.45, 2.75) is 13.8 Å². The zero-order valence-electron chi connectivity index (χ0n) is 8.83. The van der Waals surface area contributed by atoms with Crippen LogP contribution in [0.4, 0.5) is 0 Å². The molecule has 1 N–H and O–H groups in total. The van der Waals surface area contributed by atoms with Crippen molar-refractivity contribution in [3.8, 4) is 5.75 Å². The normalized spacial score (nSPS) is 9.80. The number of benzene rings is 1. The molecule has 0 aliphatic rings. The number of carbonyl (C=O) groups is 2. The lowest BCUT2D eigenvalue weighted by Crippen LogP contribution is -2.09. The van der Waals surface area contributed by atoms with Gasteiger partial charge in [0.05, 0.1) is 12.7 Å². The summed E-state index contributed by atoms with van der Waals surface area (Å²) in [5, 5.41) is 9.42. The maximum atomic E-state index is 11.3. The number of aromatic hydroxyl groups is 1. The average molecular weight is 208 g/mol. The van der Waals surface area contributed by atoms with Crippen LogP contribution in [-0.2, 0) is 4.74 Å². The molecule has 80 valence electrons. The van der Waals surface area contributed by atoms with Crippen molar-refractivity contribution in [1.82, 2.24) is 0 Å². The molecule has 4 heteroatoms. The number of aryl methyl sites for hydroxylation is 1. The zero-order chi connectivity index (χ0) is 11.6. The summed E-state index contributed by atoms with van der Waals surface area (Å²) >= 11 is 0. The molecule has 15 heavy (non-hydrogen) atoms. The van der Waals surface area contributed by atoms with E-state index in [-0.39, 0.29) is 22.7 Å². The number of phenolic OH excluding ortho intramolecular Hbond substituents is 1. The van der Waals surface area contributed by atoms with E-state index in [1.54, 1.807) is 6.92 Å². The SMILES string of the molecule is COC(=O)c1cc(C)c(O)cc1C(C)=O. The van der Waals surface area contributed by atoms with Crippen LogP contribution >= 0.6 is 0 Å². The Morgan fingerprint density at radius 2 is 1.87 bits per heavy atom. The largest absolute Gasteiger partial charge is 0.508 e. The van der Waals surface area contributed by atoms with Crippen molar-refractivity contribution < 1.29 is 19.4 Å². The van der Waals surface area contributed by atoms with Gasteiger partial charge in [0.1, 0.15) is 5.75 Å². The van der Waals surface area contributed by atoms with Crippen LogP contribution in [0.5, 0.6) is 5.75 Å². The number of hydrogen-bond donors (Lipinski definition) is 1. The lowest BCUT2D eigenvalue weighted by atomic mass is 10.0. The molecule has 0 unspecified atom stereocenters. The van der Waals surface area contributed by atoms with Crippen LogP contribution < -0.4 is 0 Å². The summed E-state index contributed by atoms with van der Waals surface area (Å²) in [4.78, 5) is 22.6. The number of esters is 1. The second-order valence-corrected chi connectivity index (χ2v) is 3.23. The van der Waals surface area contributed by atoms with E-state index in [4.69, 9.17) is 0 Å². The molecule has 0 aliphatic heterocycles. The predicted octanol–water partition coefficient (Wildman–Crippen LogP) is 1.69. The number of phenols is 1. The minimum atomic E-state index is -0.580. The van der Waals surface area contributed by atoms with Crippen molar-refractivity contribution >= 4 is 11.8 Å². The van der Waals surface area contributed by atoms with Gasteiger partial charge in [-0.3, -0.25) is 4.79 Å². The summed E-state index contributed by atoms with van der Waals surface area (Å²) in [6.45, 7) is 2.97. The first kappa shape index (κ1) is 11.2. The molecular weight excluding hydrogens is 196 g/mol. The first-order valence-electron chi connectivity index (χ1n) is 4.40. The molecule has 0 aliphatic carbocycles. The second-order valence-electron chi connectivity index (χ2n) is 3.23. The molecule has 0 atom stereocenters. The molecular formula is C11H12O4. The van der Waals surface area contributed by atoms with Crippen molar-refractivity contribution in [2.75, 3.05) is 7.11 Å². The summed E-state index contributed by atoms with van der Waals surface area (Å²) in [5.74, 6) is -0.873. The van der Waals surface area contributed by atoms with Gasteiger partial charge in [-0.2, -0.15) is 0 Å². The fourth-order valence-corrected chi connectivity index (χ4v) is 1.27. The molecule has 0 saturated carbocycles. The van der Waals surface area contributed by atoms with Crippen LogP contribution in [0.2, 0.25) is 0 Å². The standard InChI is InChI=1S/C11H12O4/c1-6-4-9(11(14)15-3)8(7(2)12)5-10(6)13/h4-5,13H,1-3H3.